The zero-order valence-electron chi connectivity index (χ0n) is 7.92. The Morgan fingerprint density at radius 2 is 2.08 bits per heavy atom. The van der Waals surface area contributed by atoms with Crippen molar-refractivity contribution in [1.82, 2.24) is 5.32 Å². The molecule has 0 heterocycles. The van der Waals surface area contributed by atoms with E-state index in [-0.39, 0.29) is 17.4 Å². The van der Waals surface area contributed by atoms with Crippen molar-refractivity contribution in [2.45, 2.75) is 13.8 Å². The standard InChI is InChI=1S/C8H13NO3S/c1-4-12-8(11)6(5(2)10)7(13)9-3/h6H,4H2,1-3H3,(H,9,13)/t6-/m0/s1. The van der Waals surface area contributed by atoms with Gasteiger partial charge in [-0.2, -0.15) is 0 Å². The molecule has 0 saturated carbocycles. The molecule has 13 heavy (non-hydrogen) atoms. The Bertz CT molecular complexity index is 227. The first kappa shape index (κ1) is 12.0. The van der Waals surface area contributed by atoms with Crippen molar-refractivity contribution in [2.24, 2.45) is 5.92 Å². The van der Waals surface area contributed by atoms with Crippen molar-refractivity contribution in [3.05, 3.63) is 0 Å². The highest BCUT2D eigenvalue weighted by atomic mass is 32.1. The van der Waals surface area contributed by atoms with Crippen LogP contribution >= 0.6 is 12.2 Å². The summed E-state index contributed by atoms with van der Waals surface area (Å²) < 4.78 is 4.70. The number of rotatable bonds is 4. The number of carbonyl (C=O) groups excluding carboxylic acids is 2. The average molecular weight is 203 g/mol. The molecule has 0 aromatic heterocycles. The van der Waals surface area contributed by atoms with Gasteiger partial charge in [0.25, 0.3) is 0 Å². The van der Waals surface area contributed by atoms with Gasteiger partial charge in [-0.15, -0.1) is 0 Å². The molecule has 1 atom stereocenters. The predicted molar refractivity (Wildman–Crippen MR) is 52.5 cm³/mol. The predicted octanol–water partition coefficient (Wildman–Crippen LogP) is 0.301. The molecule has 0 unspecified atom stereocenters. The van der Waals surface area contributed by atoms with Crippen molar-refractivity contribution in [1.29, 1.82) is 0 Å². The molecule has 0 radical (unpaired) electrons. The second-order valence-electron chi connectivity index (χ2n) is 2.41. The average Bonchev–Trinajstić information content (AvgIpc) is 2.04. The third-order valence-corrected chi connectivity index (χ3v) is 1.88. The van der Waals surface area contributed by atoms with Crippen molar-refractivity contribution >= 4 is 29.0 Å². The maximum Gasteiger partial charge on any atom is 0.323 e. The Balaban J connectivity index is 4.51. The molecule has 0 spiro atoms. The minimum Gasteiger partial charge on any atom is -0.465 e. The number of carbonyl (C=O) groups is 2. The van der Waals surface area contributed by atoms with Gasteiger partial charge < -0.3 is 10.1 Å². The van der Waals surface area contributed by atoms with Crippen LogP contribution in [0.2, 0.25) is 0 Å². The lowest BCUT2D eigenvalue weighted by Crippen LogP contribution is -2.37. The number of nitrogens with one attached hydrogen (secondary N) is 1. The highest BCUT2D eigenvalue weighted by Crippen LogP contribution is 2.03. The number of esters is 1. The minimum atomic E-state index is -0.958. The van der Waals surface area contributed by atoms with E-state index in [0.29, 0.717) is 0 Å². The second kappa shape index (κ2) is 5.64. The Hall–Kier alpha value is -0.970. The van der Waals surface area contributed by atoms with Crippen molar-refractivity contribution in [3.8, 4) is 0 Å². The van der Waals surface area contributed by atoms with Gasteiger partial charge in [-0.3, -0.25) is 9.59 Å². The molecule has 0 aliphatic heterocycles. The molecule has 0 fully saturated rings. The van der Waals surface area contributed by atoms with E-state index in [1.807, 2.05) is 0 Å². The third-order valence-electron chi connectivity index (χ3n) is 1.44. The molecule has 1 N–H and O–H groups in total. The number of ether oxygens (including phenoxy) is 1. The third kappa shape index (κ3) is 3.50. The van der Waals surface area contributed by atoms with Crippen molar-refractivity contribution in [3.63, 3.8) is 0 Å². The van der Waals surface area contributed by atoms with Gasteiger partial charge in [0.05, 0.1) is 11.6 Å². The van der Waals surface area contributed by atoms with E-state index < -0.39 is 11.9 Å². The molecule has 0 aliphatic carbocycles. The van der Waals surface area contributed by atoms with Gasteiger partial charge in [0, 0.05) is 7.05 Å². The van der Waals surface area contributed by atoms with Crippen molar-refractivity contribution < 1.29 is 14.3 Å². The highest BCUT2D eigenvalue weighted by molar-refractivity contribution is 7.80. The Labute approximate surface area is 82.6 Å². The molecule has 0 amide bonds. The maximum atomic E-state index is 11.2. The fraction of sp³-hybridized carbons (Fsp3) is 0.625. The first-order valence-electron chi connectivity index (χ1n) is 3.93. The summed E-state index contributed by atoms with van der Waals surface area (Å²) in [5.41, 5.74) is 0. The molecule has 0 aromatic carbocycles. The van der Waals surface area contributed by atoms with Crippen molar-refractivity contribution in [2.75, 3.05) is 13.7 Å². The summed E-state index contributed by atoms with van der Waals surface area (Å²) in [4.78, 5) is 22.4. The summed E-state index contributed by atoms with van der Waals surface area (Å²) in [7, 11) is 1.57. The van der Waals surface area contributed by atoms with Gasteiger partial charge in [0.1, 0.15) is 0 Å². The monoisotopic (exact) mass is 203 g/mol. The SMILES string of the molecule is CCOC(=O)[C@@H](C(C)=O)C(=S)NC. The summed E-state index contributed by atoms with van der Waals surface area (Å²) in [5.74, 6) is -1.85. The fourth-order valence-electron chi connectivity index (χ4n) is 0.828. The van der Waals surface area contributed by atoms with E-state index in [1.165, 1.54) is 6.92 Å². The van der Waals surface area contributed by atoms with Crippen LogP contribution in [0.15, 0.2) is 0 Å². The van der Waals surface area contributed by atoms with Crippen LogP contribution in [0.4, 0.5) is 0 Å². The van der Waals surface area contributed by atoms with Gasteiger partial charge in [0.2, 0.25) is 0 Å². The first-order chi connectivity index (χ1) is 6.04. The van der Waals surface area contributed by atoms with Crippen LogP contribution in [0.25, 0.3) is 0 Å². The first-order valence-corrected chi connectivity index (χ1v) is 4.34. The summed E-state index contributed by atoms with van der Waals surface area (Å²) in [6, 6.07) is 0. The number of Topliss-reactive ketones (excluding diaryl/α,β-unsaturated/α-hetero) is 1. The van der Waals surface area contributed by atoms with E-state index in [0.717, 1.165) is 0 Å². The molecular weight excluding hydrogens is 190 g/mol. The normalized spacial score (nSPS) is 11.6. The van der Waals surface area contributed by atoms with Crippen LogP contribution in [0.3, 0.4) is 0 Å². The summed E-state index contributed by atoms with van der Waals surface area (Å²) in [6.45, 7) is 3.23. The van der Waals surface area contributed by atoms with Crippen LogP contribution in [0.1, 0.15) is 13.8 Å². The number of ketones is 1. The summed E-state index contributed by atoms with van der Waals surface area (Å²) in [6.07, 6.45) is 0. The zero-order valence-corrected chi connectivity index (χ0v) is 8.73. The molecular formula is C8H13NO3S. The Morgan fingerprint density at radius 1 is 1.54 bits per heavy atom. The summed E-state index contributed by atoms with van der Waals surface area (Å²) >= 11 is 4.81. The van der Waals surface area contributed by atoms with Crippen LogP contribution in [-0.4, -0.2) is 30.4 Å². The summed E-state index contributed by atoms with van der Waals surface area (Å²) in [5, 5.41) is 2.60. The zero-order chi connectivity index (χ0) is 10.4. The smallest absolute Gasteiger partial charge is 0.323 e. The van der Waals surface area contributed by atoms with Gasteiger partial charge in [-0.25, -0.2) is 0 Å². The maximum absolute atomic E-state index is 11.2. The fourth-order valence-corrected chi connectivity index (χ4v) is 1.09. The van der Waals surface area contributed by atoms with E-state index >= 15 is 0 Å². The molecule has 0 bridgehead atoms. The van der Waals surface area contributed by atoms with E-state index in [1.54, 1.807) is 14.0 Å². The van der Waals surface area contributed by atoms with Crippen LogP contribution in [0, 0.1) is 5.92 Å². The quantitative estimate of drug-likeness (QED) is 0.404. The van der Waals surface area contributed by atoms with Crippen LogP contribution in [-0.2, 0) is 14.3 Å². The Morgan fingerprint density at radius 3 is 2.38 bits per heavy atom. The van der Waals surface area contributed by atoms with E-state index in [4.69, 9.17) is 17.0 Å². The second-order valence-corrected chi connectivity index (χ2v) is 2.85. The number of hydrogen-bond donors (Lipinski definition) is 1. The van der Waals surface area contributed by atoms with E-state index in [9.17, 15) is 9.59 Å². The highest BCUT2D eigenvalue weighted by Gasteiger charge is 2.28. The molecule has 0 aliphatic rings. The molecule has 4 nitrogen and oxygen atoms in total. The lowest BCUT2D eigenvalue weighted by molar-refractivity contribution is -0.148. The number of thiocarbonyl (C=S) groups is 1. The molecule has 74 valence electrons. The van der Waals surface area contributed by atoms with Gasteiger partial charge >= 0.3 is 5.97 Å². The van der Waals surface area contributed by atoms with Gasteiger partial charge in [-0.05, 0) is 13.8 Å². The van der Waals surface area contributed by atoms with E-state index in [2.05, 4.69) is 5.32 Å². The van der Waals surface area contributed by atoms with Gasteiger partial charge in [0.15, 0.2) is 11.7 Å². The number of hydrogen-bond acceptors (Lipinski definition) is 4. The molecule has 5 heteroatoms. The lowest BCUT2D eigenvalue weighted by Gasteiger charge is -2.12. The lowest BCUT2D eigenvalue weighted by atomic mass is 10.1. The molecule has 0 aromatic rings. The largest absolute Gasteiger partial charge is 0.465 e. The Kier molecular flexibility index (Phi) is 5.22. The van der Waals surface area contributed by atoms with Gasteiger partial charge in [-0.1, -0.05) is 12.2 Å². The van der Waals surface area contributed by atoms with Crippen LogP contribution in [0.5, 0.6) is 0 Å². The molecule has 0 saturated heterocycles. The van der Waals surface area contributed by atoms with Crippen LogP contribution < -0.4 is 5.32 Å². The molecule has 0 rings (SSSR count). The topological polar surface area (TPSA) is 55.4 Å². The minimum absolute atomic E-state index is 0.200.